The van der Waals surface area contributed by atoms with E-state index in [0.29, 0.717) is 5.89 Å². The van der Waals surface area contributed by atoms with Crippen LogP contribution >= 0.6 is 0 Å². The Morgan fingerprint density at radius 3 is 1.81 bits per heavy atom. The molecule has 0 fully saturated rings. The third-order valence-corrected chi connectivity index (χ3v) is 11.3. The molecule has 0 aliphatic rings. The molecule has 0 aliphatic heterocycles. The average Bonchev–Trinajstić information content (AvgIpc) is 4.00. The topological polar surface area (TPSA) is 55.6 Å². The highest BCUT2D eigenvalue weighted by molar-refractivity contribution is 6.17. The standard InChI is InChI=1S/C53H32N2O3/c1-2-10-36(11-3-1)53-54-52-49(58-53)30-29-48-51(52)45-31-37(21-28-47(45)56-48)33-17-22-38(23-18-33)55(40-26-27-44-43-14-6-7-16-46(43)57-50(44)32-40)39-24-19-35(20-25-39)42-15-8-12-34-9-4-5-13-41(34)42/h1-32H. The molecule has 9 aromatic carbocycles. The molecule has 3 aromatic heterocycles. The highest BCUT2D eigenvalue weighted by Gasteiger charge is 2.19. The van der Waals surface area contributed by atoms with E-state index < -0.39 is 0 Å². The number of anilines is 3. The Kier molecular flexibility index (Phi) is 7.16. The zero-order valence-corrected chi connectivity index (χ0v) is 31.1. The molecule has 0 unspecified atom stereocenters. The first-order chi connectivity index (χ1) is 28.7. The molecule has 0 atom stereocenters. The molecule has 0 amide bonds. The molecule has 12 aromatic rings. The lowest BCUT2D eigenvalue weighted by Gasteiger charge is -2.26. The van der Waals surface area contributed by atoms with Crippen LogP contribution in [0.2, 0.25) is 0 Å². The van der Waals surface area contributed by atoms with Crippen molar-refractivity contribution in [2.24, 2.45) is 0 Å². The van der Waals surface area contributed by atoms with Crippen molar-refractivity contribution in [3.05, 3.63) is 194 Å². The van der Waals surface area contributed by atoms with Crippen molar-refractivity contribution >= 4 is 82.8 Å². The van der Waals surface area contributed by atoms with Gasteiger partial charge in [-0.2, -0.15) is 0 Å². The van der Waals surface area contributed by atoms with Crippen molar-refractivity contribution in [1.29, 1.82) is 0 Å². The Labute approximate surface area is 332 Å². The van der Waals surface area contributed by atoms with Gasteiger partial charge in [0.05, 0.1) is 5.39 Å². The number of hydrogen-bond acceptors (Lipinski definition) is 5. The molecule has 5 nitrogen and oxygen atoms in total. The summed E-state index contributed by atoms with van der Waals surface area (Å²) in [7, 11) is 0. The minimum atomic E-state index is 0.594. The minimum Gasteiger partial charge on any atom is -0.456 e. The van der Waals surface area contributed by atoms with Crippen molar-refractivity contribution in [2.45, 2.75) is 0 Å². The van der Waals surface area contributed by atoms with Gasteiger partial charge in [-0.05, 0) is 112 Å². The second-order valence-electron chi connectivity index (χ2n) is 14.7. The lowest BCUT2D eigenvalue weighted by molar-refractivity contribution is 0.619. The quantitative estimate of drug-likeness (QED) is 0.170. The summed E-state index contributed by atoms with van der Waals surface area (Å²) in [6.45, 7) is 0. The number of nitrogens with zero attached hydrogens (tertiary/aromatic N) is 2. The Morgan fingerprint density at radius 2 is 0.966 bits per heavy atom. The largest absolute Gasteiger partial charge is 0.456 e. The number of aromatic nitrogens is 1. The molecule has 272 valence electrons. The maximum absolute atomic E-state index is 6.37. The highest BCUT2D eigenvalue weighted by Crippen LogP contribution is 2.42. The van der Waals surface area contributed by atoms with Crippen molar-refractivity contribution in [3.8, 4) is 33.7 Å². The summed E-state index contributed by atoms with van der Waals surface area (Å²) in [6, 6.07) is 67.6. The molecule has 0 spiro atoms. The summed E-state index contributed by atoms with van der Waals surface area (Å²) in [5.41, 5.74) is 13.4. The predicted octanol–water partition coefficient (Wildman–Crippen LogP) is 15.3. The minimum absolute atomic E-state index is 0.594. The SMILES string of the molecule is c1ccc(-c2nc3c(ccc4oc5ccc(-c6ccc(N(c7ccc(-c8cccc9ccccc89)cc7)c7ccc8c(c7)oc7ccccc78)cc6)cc5c43)o2)cc1. The number of benzene rings is 9. The number of fused-ring (bicyclic) bond motifs is 9. The number of rotatable bonds is 6. The molecule has 5 heteroatoms. The molecule has 0 aliphatic carbocycles. The zero-order chi connectivity index (χ0) is 38.2. The monoisotopic (exact) mass is 744 g/mol. The van der Waals surface area contributed by atoms with E-state index >= 15 is 0 Å². The van der Waals surface area contributed by atoms with Gasteiger partial charge in [-0.1, -0.05) is 109 Å². The van der Waals surface area contributed by atoms with E-state index in [-0.39, 0.29) is 0 Å². The molecule has 0 saturated heterocycles. The van der Waals surface area contributed by atoms with Crippen LogP contribution < -0.4 is 4.90 Å². The molecule has 12 rings (SSSR count). The van der Waals surface area contributed by atoms with E-state index in [1.165, 1.54) is 21.9 Å². The van der Waals surface area contributed by atoms with Gasteiger partial charge < -0.3 is 18.2 Å². The molecule has 58 heavy (non-hydrogen) atoms. The summed E-state index contributed by atoms with van der Waals surface area (Å²) < 4.78 is 18.9. The van der Waals surface area contributed by atoms with Gasteiger partial charge in [-0.3, -0.25) is 0 Å². The maximum Gasteiger partial charge on any atom is 0.227 e. The van der Waals surface area contributed by atoms with Crippen LogP contribution in [0.15, 0.2) is 207 Å². The molecule has 0 N–H and O–H groups in total. The second kappa shape index (κ2) is 12.8. The van der Waals surface area contributed by atoms with E-state index in [9.17, 15) is 0 Å². The maximum atomic E-state index is 6.37. The Bertz CT molecular complexity index is 3500. The Morgan fingerprint density at radius 1 is 0.345 bits per heavy atom. The molecule has 0 bridgehead atoms. The van der Waals surface area contributed by atoms with Crippen LogP contribution in [0.25, 0.3) is 99.5 Å². The van der Waals surface area contributed by atoms with Gasteiger partial charge in [0.25, 0.3) is 0 Å². The first-order valence-corrected chi connectivity index (χ1v) is 19.4. The van der Waals surface area contributed by atoms with Crippen molar-refractivity contribution in [1.82, 2.24) is 4.98 Å². The van der Waals surface area contributed by atoms with Gasteiger partial charge in [-0.25, -0.2) is 4.98 Å². The van der Waals surface area contributed by atoms with Crippen LogP contribution in [0.4, 0.5) is 17.1 Å². The van der Waals surface area contributed by atoms with Crippen LogP contribution in [0.5, 0.6) is 0 Å². The fourth-order valence-electron chi connectivity index (χ4n) is 8.51. The van der Waals surface area contributed by atoms with Gasteiger partial charge in [0.1, 0.15) is 27.8 Å². The summed E-state index contributed by atoms with van der Waals surface area (Å²) >= 11 is 0. The molecular formula is C53H32N2O3. The van der Waals surface area contributed by atoms with Crippen molar-refractivity contribution in [3.63, 3.8) is 0 Å². The van der Waals surface area contributed by atoms with E-state index in [0.717, 1.165) is 88.7 Å². The smallest absolute Gasteiger partial charge is 0.227 e. The summed E-state index contributed by atoms with van der Waals surface area (Å²) in [4.78, 5) is 7.25. The Hall–Kier alpha value is -7.89. The van der Waals surface area contributed by atoms with Crippen LogP contribution in [-0.4, -0.2) is 4.98 Å². The fourth-order valence-corrected chi connectivity index (χ4v) is 8.51. The van der Waals surface area contributed by atoms with Crippen molar-refractivity contribution < 1.29 is 13.3 Å². The van der Waals surface area contributed by atoms with E-state index in [4.69, 9.17) is 18.2 Å². The second-order valence-corrected chi connectivity index (χ2v) is 14.7. The fraction of sp³-hybridized carbons (Fsp3) is 0. The zero-order valence-electron chi connectivity index (χ0n) is 31.1. The third kappa shape index (κ3) is 5.21. The number of furan rings is 2. The third-order valence-electron chi connectivity index (χ3n) is 11.3. The summed E-state index contributed by atoms with van der Waals surface area (Å²) in [5, 5.41) is 6.64. The number of hydrogen-bond donors (Lipinski definition) is 0. The van der Waals surface area contributed by atoms with Crippen molar-refractivity contribution in [2.75, 3.05) is 4.90 Å². The van der Waals surface area contributed by atoms with E-state index in [1.54, 1.807) is 0 Å². The lowest BCUT2D eigenvalue weighted by Crippen LogP contribution is -2.09. The van der Waals surface area contributed by atoms with Gasteiger partial charge in [-0.15, -0.1) is 0 Å². The van der Waals surface area contributed by atoms with Crippen LogP contribution in [0.1, 0.15) is 0 Å². The molecule has 0 radical (unpaired) electrons. The van der Waals surface area contributed by atoms with Gasteiger partial charge in [0.2, 0.25) is 5.89 Å². The van der Waals surface area contributed by atoms with Crippen LogP contribution in [0.3, 0.4) is 0 Å². The number of para-hydroxylation sites is 1. The number of oxazole rings is 1. The predicted molar refractivity (Wildman–Crippen MR) is 237 cm³/mol. The Balaban J connectivity index is 0.952. The molecule has 3 heterocycles. The normalized spacial score (nSPS) is 11.8. The first-order valence-electron chi connectivity index (χ1n) is 19.4. The van der Waals surface area contributed by atoms with Gasteiger partial charge in [0.15, 0.2) is 5.58 Å². The van der Waals surface area contributed by atoms with E-state index in [2.05, 4.69) is 144 Å². The summed E-state index contributed by atoms with van der Waals surface area (Å²) in [6.07, 6.45) is 0. The molecular weight excluding hydrogens is 713 g/mol. The van der Waals surface area contributed by atoms with E-state index in [1.807, 2.05) is 54.6 Å². The lowest BCUT2D eigenvalue weighted by atomic mass is 9.98. The van der Waals surface area contributed by atoms with Gasteiger partial charge >= 0.3 is 0 Å². The summed E-state index contributed by atoms with van der Waals surface area (Å²) in [5.74, 6) is 0.594. The average molecular weight is 745 g/mol. The highest BCUT2D eigenvalue weighted by atomic mass is 16.4. The van der Waals surface area contributed by atoms with Crippen LogP contribution in [0, 0.1) is 0 Å². The van der Waals surface area contributed by atoms with Crippen LogP contribution in [-0.2, 0) is 0 Å². The first kappa shape index (κ1) is 32.4. The molecule has 0 saturated carbocycles. The van der Waals surface area contributed by atoms with Gasteiger partial charge in [0, 0.05) is 44.9 Å².